The molecule has 0 aliphatic heterocycles. The van der Waals surface area contributed by atoms with E-state index in [1.165, 1.54) is 12.8 Å². The average Bonchev–Trinajstić information content (AvgIpc) is 2.80. The Balaban J connectivity index is -0.000000297. The first kappa shape index (κ1) is 28.2. The maximum absolute atomic E-state index is 10.7. The van der Waals surface area contributed by atoms with Crippen LogP contribution in [-0.4, -0.2) is 34.0 Å². The van der Waals surface area contributed by atoms with Gasteiger partial charge in [-0.2, -0.15) is 43.2 Å². The summed E-state index contributed by atoms with van der Waals surface area (Å²) in [5.74, 6) is 0. The van der Waals surface area contributed by atoms with Crippen molar-refractivity contribution in [2.45, 2.75) is 38.9 Å². The molecule has 1 aromatic heterocycles. The zero-order valence-corrected chi connectivity index (χ0v) is 14.5. The second-order valence-corrected chi connectivity index (χ2v) is 4.13. The number of hydrogen-bond donors (Lipinski definition) is 0. The van der Waals surface area contributed by atoms with E-state index in [0.717, 1.165) is 6.54 Å². The number of imidazole rings is 1. The second-order valence-electron chi connectivity index (χ2n) is 3.85. The highest BCUT2D eigenvalue weighted by atomic mass is 32.1. The normalized spacial score (nSPS) is 10.1. The summed E-state index contributed by atoms with van der Waals surface area (Å²) in [4.78, 5) is 0. The molecule has 0 atom stereocenters. The molecule has 148 valence electrons. The van der Waals surface area contributed by atoms with Crippen LogP contribution in [0.3, 0.4) is 0 Å². The minimum atomic E-state index is -5.52. The Bertz CT molecular complexity index is 499. The molecule has 0 aliphatic rings. The van der Waals surface area contributed by atoms with E-state index in [1.54, 1.807) is 0 Å². The largest absolute Gasteiger partial charge is 0.478 e. The number of aryl methyl sites for hydroxylation is 2. The Morgan fingerprint density at radius 2 is 1.40 bits per heavy atom. The van der Waals surface area contributed by atoms with E-state index < -0.39 is 35.7 Å². The third-order valence-corrected chi connectivity index (χ3v) is 1.85. The third-order valence-electron chi connectivity index (χ3n) is 1.85. The molecule has 0 spiro atoms. The van der Waals surface area contributed by atoms with Crippen molar-refractivity contribution in [1.82, 2.24) is 4.57 Å². The lowest BCUT2D eigenvalue weighted by Gasteiger charge is -2.26. The van der Waals surface area contributed by atoms with Gasteiger partial charge in [0.25, 0.3) is 0 Å². The van der Waals surface area contributed by atoms with Gasteiger partial charge in [-0.05, 0) is 6.42 Å². The van der Waals surface area contributed by atoms with Crippen molar-refractivity contribution in [3.63, 3.8) is 0 Å². The summed E-state index contributed by atoms with van der Waals surface area (Å²) in [6.07, 6.45) is -2.21. The molecule has 0 bridgehead atoms. The summed E-state index contributed by atoms with van der Waals surface area (Å²) in [6.45, 7) is 3.36. The van der Waals surface area contributed by atoms with Crippen LogP contribution >= 0.6 is 0 Å². The number of unbranched alkanes of at least 4 members (excludes halogenated alkanes) is 1. The summed E-state index contributed by atoms with van der Waals surface area (Å²) in [5, 5.41) is 0.542. The van der Waals surface area contributed by atoms with Crippen LogP contribution in [-0.2, 0) is 36.7 Å². The molecule has 0 aromatic carbocycles. The number of hydrogen-bond acceptors (Lipinski definition) is 4. The minimum absolute atomic E-state index is 0.542. The van der Waals surface area contributed by atoms with E-state index in [2.05, 4.69) is 34.8 Å². The molecular formula is C10H15F6N3O4S2. The van der Waals surface area contributed by atoms with Gasteiger partial charge in [0.2, 0.25) is 6.33 Å². The van der Waals surface area contributed by atoms with Crippen LogP contribution in [0.2, 0.25) is 0 Å². The molecule has 0 radical (unpaired) electrons. The standard InChI is InChI=1S/C8H15N2.C2F6N.2O2S/c1-3-4-5-10-7-6-9(2)8-10;3-1(4,5)9-2(6,7)8;2*1-3-2/h6-8H,3-5H2,1-2H3;;;/q+1;-1;;. The predicted molar refractivity (Wildman–Crippen MR) is 73.8 cm³/mol. The van der Waals surface area contributed by atoms with Gasteiger partial charge in [0.1, 0.15) is 12.4 Å². The topological polar surface area (TPSA) is 91.2 Å². The Hall–Kier alpha value is -1.61. The Labute approximate surface area is 146 Å². The maximum atomic E-state index is 10.7. The van der Waals surface area contributed by atoms with Crippen LogP contribution in [0.15, 0.2) is 18.7 Å². The Morgan fingerprint density at radius 1 is 1.00 bits per heavy atom. The van der Waals surface area contributed by atoms with E-state index in [0.29, 0.717) is 5.32 Å². The highest BCUT2D eigenvalue weighted by Crippen LogP contribution is 2.34. The van der Waals surface area contributed by atoms with Gasteiger partial charge in [0, 0.05) is 0 Å². The molecule has 0 N–H and O–H groups in total. The highest BCUT2D eigenvalue weighted by molar-refractivity contribution is 7.51. The van der Waals surface area contributed by atoms with Gasteiger partial charge in [-0.3, -0.25) is 0 Å². The van der Waals surface area contributed by atoms with Gasteiger partial charge in [-0.1, -0.05) is 13.3 Å². The zero-order valence-electron chi connectivity index (χ0n) is 12.9. The van der Waals surface area contributed by atoms with Gasteiger partial charge >= 0.3 is 35.7 Å². The maximum Gasteiger partial charge on any atom is 0.335 e. The summed E-state index contributed by atoms with van der Waals surface area (Å²) in [5.41, 5.74) is 0. The monoisotopic (exact) mass is 419 g/mol. The fourth-order valence-corrected chi connectivity index (χ4v) is 1.12. The lowest BCUT2D eigenvalue weighted by Crippen LogP contribution is -2.23. The van der Waals surface area contributed by atoms with Crippen molar-refractivity contribution >= 4 is 23.1 Å². The van der Waals surface area contributed by atoms with E-state index in [4.69, 9.17) is 16.8 Å². The van der Waals surface area contributed by atoms with E-state index in [-0.39, 0.29) is 0 Å². The van der Waals surface area contributed by atoms with Gasteiger partial charge in [0.15, 0.2) is 0 Å². The molecule has 0 aliphatic carbocycles. The van der Waals surface area contributed by atoms with Gasteiger partial charge in [-0.25, -0.2) is 9.13 Å². The Morgan fingerprint density at radius 3 is 1.60 bits per heavy atom. The molecule has 0 unspecified atom stereocenters. The number of aromatic nitrogens is 2. The minimum Gasteiger partial charge on any atom is -0.478 e. The van der Waals surface area contributed by atoms with E-state index in [1.807, 2.05) is 7.05 Å². The third kappa shape index (κ3) is 30.8. The first-order chi connectivity index (χ1) is 11.4. The van der Waals surface area contributed by atoms with Crippen molar-refractivity contribution in [3.05, 3.63) is 24.0 Å². The summed E-state index contributed by atoms with van der Waals surface area (Å²) >= 11 is -1.50. The lowest BCUT2D eigenvalue weighted by atomic mass is 10.3. The second kappa shape index (κ2) is 15.9. The van der Waals surface area contributed by atoms with Crippen LogP contribution < -0.4 is 4.57 Å². The van der Waals surface area contributed by atoms with Crippen molar-refractivity contribution in [3.8, 4) is 0 Å². The van der Waals surface area contributed by atoms with Crippen LogP contribution in [0.5, 0.6) is 0 Å². The molecule has 1 rings (SSSR count). The van der Waals surface area contributed by atoms with Crippen LogP contribution in [0.4, 0.5) is 26.3 Å². The molecule has 25 heavy (non-hydrogen) atoms. The highest BCUT2D eigenvalue weighted by Gasteiger charge is 2.27. The van der Waals surface area contributed by atoms with Gasteiger partial charge in [-0.15, -0.1) is 0 Å². The molecule has 1 aromatic rings. The fraction of sp³-hybridized carbons (Fsp3) is 0.700. The Kier molecular flexibility index (Phi) is 17.9. The molecule has 15 heteroatoms. The SMILES string of the molecule is CCCCn1cc[n+](C)c1.FC(F)(F)[N-]C(F)(F)F.O=S=O.O=S=O. The molecule has 0 saturated heterocycles. The molecule has 7 nitrogen and oxygen atoms in total. The fourth-order valence-electron chi connectivity index (χ4n) is 1.12. The smallest absolute Gasteiger partial charge is 0.335 e. The van der Waals surface area contributed by atoms with Crippen molar-refractivity contribution < 1.29 is 47.7 Å². The van der Waals surface area contributed by atoms with Gasteiger partial charge < -0.3 is 5.32 Å². The molecule has 0 fully saturated rings. The first-order valence-corrected chi connectivity index (χ1v) is 7.42. The summed E-state index contributed by atoms with van der Waals surface area (Å²) in [7, 11) is 2.04. The quantitative estimate of drug-likeness (QED) is 0.427. The van der Waals surface area contributed by atoms with Crippen molar-refractivity contribution in [2.24, 2.45) is 7.05 Å². The van der Waals surface area contributed by atoms with Gasteiger partial charge in [0.05, 0.1) is 13.6 Å². The van der Waals surface area contributed by atoms with E-state index >= 15 is 0 Å². The predicted octanol–water partition coefficient (Wildman–Crippen LogP) is 2.17. The zero-order chi connectivity index (χ0) is 20.5. The number of nitrogens with zero attached hydrogens (tertiary/aromatic N) is 3. The molecule has 0 amide bonds. The average molecular weight is 419 g/mol. The lowest BCUT2D eigenvalue weighted by molar-refractivity contribution is -0.671. The van der Waals surface area contributed by atoms with Crippen molar-refractivity contribution in [1.29, 1.82) is 0 Å². The van der Waals surface area contributed by atoms with Crippen molar-refractivity contribution in [2.75, 3.05) is 0 Å². The summed E-state index contributed by atoms with van der Waals surface area (Å²) in [6, 6.07) is 0. The molecular weight excluding hydrogens is 404 g/mol. The van der Waals surface area contributed by atoms with Crippen LogP contribution in [0.1, 0.15) is 19.8 Å². The molecule has 1 heterocycles. The summed E-state index contributed by atoms with van der Waals surface area (Å²) < 4.78 is 101. The van der Waals surface area contributed by atoms with E-state index in [9.17, 15) is 26.3 Å². The van der Waals surface area contributed by atoms with Crippen LogP contribution in [0.25, 0.3) is 5.32 Å². The number of rotatable bonds is 3. The number of alkyl halides is 6. The van der Waals surface area contributed by atoms with Crippen LogP contribution in [0, 0.1) is 0 Å². The first-order valence-electron chi connectivity index (χ1n) is 6.08. The number of halogens is 6. The molecule has 0 saturated carbocycles.